The number of hydrogen-bond acceptors (Lipinski definition) is 2. The second-order valence-electron chi connectivity index (χ2n) is 3.86. The van der Waals surface area contributed by atoms with Gasteiger partial charge in [-0.25, -0.2) is 4.79 Å². The van der Waals surface area contributed by atoms with Crippen LogP contribution >= 0.6 is 24.0 Å². The maximum absolute atomic E-state index is 12.7. The zero-order valence-corrected chi connectivity index (χ0v) is 11.0. The summed E-state index contributed by atoms with van der Waals surface area (Å²) in [5.41, 5.74) is -0.536. The molecule has 1 fully saturated rings. The van der Waals surface area contributed by atoms with E-state index in [0.717, 1.165) is 6.07 Å². The third kappa shape index (κ3) is 3.67. The maximum Gasteiger partial charge on any atom is 0.417 e. The Hall–Kier alpha value is -1.14. The summed E-state index contributed by atoms with van der Waals surface area (Å²) < 4.78 is 42.7. The van der Waals surface area contributed by atoms with Crippen LogP contribution in [0.3, 0.4) is 0 Å². The smallest absolute Gasteiger partial charge is 0.417 e. The fourth-order valence-electron chi connectivity index (χ4n) is 1.75. The van der Waals surface area contributed by atoms with Gasteiger partial charge in [0.2, 0.25) is 0 Å². The molecule has 0 radical (unpaired) electrons. The number of benzene rings is 1. The predicted molar refractivity (Wildman–Crippen MR) is 65.5 cm³/mol. The van der Waals surface area contributed by atoms with E-state index in [1.54, 1.807) is 0 Å². The van der Waals surface area contributed by atoms with Crippen molar-refractivity contribution >= 4 is 30.1 Å². The summed E-state index contributed by atoms with van der Waals surface area (Å²) in [6.45, 7) is 0.181. The zero-order valence-electron chi connectivity index (χ0n) is 9.46. The summed E-state index contributed by atoms with van der Waals surface area (Å²) in [5.74, 6) is 0. The molecular weight excluding hydrogens is 306 g/mol. The van der Waals surface area contributed by atoms with Crippen LogP contribution in [0, 0.1) is 0 Å². The van der Waals surface area contributed by atoms with Gasteiger partial charge in [0.25, 0.3) is 0 Å². The molecule has 1 saturated heterocycles. The van der Waals surface area contributed by atoms with E-state index in [4.69, 9.17) is 11.6 Å². The van der Waals surface area contributed by atoms with E-state index < -0.39 is 23.9 Å². The van der Waals surface area contributed by atoms with Gasteiger partial charge in [-0.1, -0.05) is 17.7 Å². The Bertz CT molecular complexity index is 479. The third-order valence-electron chi connectivity index (χ3n) is 2.63. The molecule has 1 aromatic carbocycles. The molecule has 1 atom stereocenters. The number of halogens is 5. The molecule has 106 valence electrons. The lowest BCUT2D eigenvalue weighted by atomic mass is 10.0. The topological polar surface area (TPSA) is 38.3 Å². The molecule has 1 N–H and O–H groups in total. The van der Waals surface area contributed by atoms with E-state index >= 15 is 0 Å². The van der Waals surface area contributed by atoms with Crippen molar-refractivity contribution in [3.63, 3.8) is 0 Å². The Morgan fingerprint density at radius 3 is 2.63 bits per heavy atom. The number of alkyl carbamates (subject to hydrolysis) is 1. The van der Waals surface area contributed by atoms with Crippen molar-refractivity contribution in [3.05, 3.63) is 34.3 Å². The fourth-order valence-corrected chi connectivity index (χ4v) is 1.98. The molecule has 1 aliphatic rings. The van der Waals surface area contributed by atoms with Crippen LogP contribution in [-0.2, 0) is 10.9 Å². The number of cyclic esters (lactones) is 1. The number of amides is 1. The second-order valence-corrected chi connectivity index (χ2v) is 4.27. The molecule has 0 unspecified atom stereocenters. The van der Waals surface area contributed by atoms with Gasteiger partial charge in [-0.05, 0) is 17.7 Å². The molecule has 0 bridgehead atoms. The van der Waals surface area contributed by atoms with Crippen molar-refractivity contribution in [1.82, 2.24) is 5.32 Å². The minimum absolute atomic E-state index is 0. The molecule has 1 aromatic rings. The largest absolute Gasteiger partial charge is 0.449 e. The van der Waals surface area contributed by atoms with Gasteiger partial charge in [0, 0.05) is 6.42 Å². The Morgan fingerprint density at radius 1 is 1.37 bits per heavy atom. The first-order chi connectivity index (χ1) is 8.38. The third-order valence-corrected chi connectivity index (χ3v) is 2.96. The van der Waals surface area contributed by atoms with Gasteiger partial charge in [-0.15, -0.1) is 12.4 Å². The first kappa shape index (κ1) is 15.9. The number of carbonyl (C=O) groups excluding carboxylic acids is 1. The first-order valence-corrected chi connectivity index (χ1v) is 5.55. The van der Waals surface area contributed by atoms with E-state index in [1.165, 1.54) is 12.1 Å². The number of rotatable bonds is 1. The monoisotopic (exact) mass is 315 g/mol. The van der Waals surface area contributed by atoms with Crippen LogP contribution in [0.1, 0.15) is 23.6 Å². The number of alkyl halides is 3. The summed E-state index contributed by atoms with van der Waals surface area (Å²) >= 11 is 5.52. The second kappa shape index (κ2) is 5.88. The molecule has 0 spiro atoms. The van der Waals surface area contributed by atoms with Crippen LogP contribution in [0.15, 0.2) is 18.2 Å². The van der Waals surface area contributed by atoms with Crippen LogP contribution in [-0.4, -0.2) is 12.7 Å². The highest BCUT2D eigenvalue weighted by Gasteiger charge is 2.34. The van der Waals surface area contributed by atoms with Gasteiger partial charge in [0.05, 0.1) is 23.2 Å². The normalized spacial score (nSPS) is 19.2. The molecule has 3 nitrogen and oxygen atoms in total. The molecule has 8 heteroatoms. The fraction of sp³-hybridized carbons (Fsp3) is 0.364. The summed E-state index contributed by atoms with van der Waals surface area (Å²) in [4.78, 5) is 11.0. The van der Waals surface area contributed by atoms with Gasteiger partial charge in [-0.2, -0.15) is 13.2 Å². The average molecular weight is 316 g/mol. The van der Waals surface area contributed by atoms with E-state index in [0.29, 0.717) is 12.0 Å². The quantitative estimate of drug-likeness (QED) is 0.852. The van der Waals surface area contributed by atoms with Crippen molar-refractivity contribution in [2.24, 2.45) is 0 Å². The van der Waals surface area contributed by atoms with E-state index in [2.05, 4.69) is 10.1 Å². The maximum atomic E-state index is 12.7. The predicted octanol–water partition coefficient (Wildman–Crippen LogP) is 3.95. The van der Waals surface area contributed by atoms with Crippen LogP contribution in [0.5, 0.6) is 0 Å². The molecule has 2 rings (SSSR count). The molecular formula is C11H10Cl2F3NO2. The van der Waals surface area contributed by atoms with Crippen molar-refractivity contribution < 1.29 is 22.7 Å². The van der Waals surface area contributed by atoms with Crippen LogP contribution < -0.4 is 5.32 Å². The Morgan fingerprint density at radius 2 is 2.05 bits per heavy atom. The number of ether oxygens (including phenoxy) is 1. The highest BCUT2D eigenvalue weighted by atomic mass is 35.5. The molecule has 19 heavy (non-hydrogen) atoms. The van der Waals surface area contributed by atoms with Crippen molar-refractivity contribution in [1.29, 1.82) is 0 Å². The van der Waals surface area contributed by atoms with Gasteiger partial charge < -0.3 is 10.1 Å². The van der Waals surface area contributed by atoms with Crippen molar-refractivity contribution in [2.45, 2.75) is 18.6 Å². The van der Waals surface area contributed by atoms with E-state index in [-0.39, 0.29) is 24.0 Å². The van der Waals surface area contributed by atoms with Crippen LogP contribution in [0.25, 0.3) is 0 Å². The molecule has 1 amide bonds. The SMILES string of the molecule is Cl.O=C1N[C@@H](c2ccc(Cl)c(C(F)(F)F)c2)CCO1. The average Bonchev–Trinajstić information content (AvgIpc) is 2.28. The first-order valence-electron chi connectivity index (χ1n) is 5.18. The lowest BCUT2D eigenvalue weighted by Crippen LogP contribution is -2.35. The highest BCUT2D eigenvalue weighted by molar-refractivity contribution is 6.31. The summed E-state index contributed by atoms with van der Waals surface area (Å²) in [5, 5.41) is 2.10. The number of carbonyl (C=O) groups is 1. The number of hydrogen-bond donors (Lipinski definition) is 1. The lowest BCUT2D eigenvalue weighted by molar-refractivity contribution is -0.137. The number of nitrogens with one attached hydrogen (secondary N) is 1. The van der Waals surface area contributed by atoms with E-state index in [9.17, 15) is 18.0 Å². The Labute approximate surface area is 118 Å². The van der Waals surface area contributed by atoms with Crippen molar-refractivity contribution in [3.8, 4) is 0 Å². The standard InChI is InChI=1S/C11H9ClF3NO2.ClH/c12-8-2-1-6(5-7(8)11(13,14)15)9-3-4-18-10(17)16-9;/h1-2,5,9H,3-4H2,(H,16,17);1H/t9-;/m1./s1. The van der Waals surface area contributed by atoms with Crippen molar-refractivity contribution in [2.75, 3.05) is 6.61 Å². The Balaban J connectivity index is 0.00000180. The summed E-state index contributed by atoms with van der Waals surface area (Å²) in [7, 11) is 0. The van der Waals surface area contributed by atoms with E-state index in [1.807, 2.05) is 0 Å². The minimum atomic E-state index is -4.51. The lowest BCUT2D eigenvalue weighted by Gasteiger charge is -2.24. The van der Waals surface area contributed by atoms with Gasteiger partial charge in [0.15, 0.2) is 0 Å². The van der Waals surface area contributed by atoms with Gasteiger partial charge in [-0.3, -0.25) is 0 Å². The molecule has 0 saturated carbocycles. The molecule has 0 aliphatic carbocycles. The Kier molecular flexibility index (Phi) is 4.92. The minimum Gasteiger partial charge on any atom is -0.449 e. The zero-order chi connectivity index (χ0) is 13.3. The molecule has 0 aromatic heterocycles. The highest BCUT2D eigenvalue weighted by Crippen LogP contribution is 2.36. The van der Waals surface area contributed by atoms with Crippen LogP contribution in [0.2, 0.25) is 5.02 Å². The van der Waals surface area contributed by atoms with Gasteiger partial charge >= 0.3 is 12.3 Å². The van der Waals surface area contributed by atoms with Gasteiger partial charge in [0.1, 0.15) is 0 Å². The molecule has 1 heterocycles. The van der Waals surface area contributed by atoms with Crippen LogP contribution in [0.4, 0.5) is 18.0 Å². The summed E-state index contributed by atoms with van der Waals surface area (Å²) in [6.07, 6.45) is -4.72. The summed E-state index contributed by atoms with van der Waals surface area (Å²) in [6, 6.07) is 3.12. The molecule has 1 aliphatic heterocycles.